The van der Waals surface area contributed by atoms with Gasteiger partial charge < -0.3 is 0 Å². The Morgan fingerprint density at radius 3 is 3.00 bits per heavy atom. The molecule has 0 heterocycles. The van der Waals surface area contributed by atoms with Crippen molar-refractivity contribution in [2.45, 2.75) is 6.42 Å². The van der Waals surface area contributed by atoms with Crippen LogP contribution in [0.5, 0.6) is 0 Å². The predicted octanol–water partition coefficient (Wildman–Crippen LogP) is 3.69. The molecule has 0 N–H and O–H groups in total. The molecule has 1 aliphatic carbocycles. The Kier molecular flexibility index (Phi) is 4.03. The van der Waals surface area contributed by atoms with Gasteiger partial charge in [-0.3, -0.25) is 4.99 Å². The lowest BCUT2D eigenvalue weighted by Crippen LogP contribution is -1.90. The fraction of sp³-hybridized carbons (Fsp3) is 0.133. The highest BCUT2D eigenvalue weighted by molar-refractivity contribution is 5.79. The summed E-state index contributed by atoms with van der Waals surface area (Å²) in [6.45, 7) is 0.590. The summed E-state index contributed by atoms with van der Waals surface area (Å²) in [7, 11) is 0. The fourth-order valence-corrected chi connectivity index (χ4v) is 1.57. The molecule has 2 rings (SSSR count). The van der Waals surface area contributed by atoms with Gasteiger partial charge in [0.2, 0.25) is 0 Å². The third-order valence-corrected chi connectivity index (χ3v) is 2.48. The quantitative estimate of drug-likeness (QED) is 0.698. The number of halogens is 1. The summed E-state index contributed by atoms with van der Waals surface area (Å²) in [5.74, 6) is -0.233. The van der Waals surface area contributed by atoms with Gasteiger partial charge in [0.05, 0.1) is 6.54 Å². The molecule has 0 unspecified atom stereocenters. The molecule has 0 atom stereocenters. The largest absolute Gasteiger partial charge is 0.288 e. The Bertz CT molecular complexity index is 495. The van der Waals surface area contributed by atoms with Gasteiger partial charge in [-0.2, -0.15) is 0 Å². The lowest BCUT2D eigenvalue weighted by Gasteiger charge is -1.97. The van der Waals surface area contributed by atoms with Crippen LogP contribution in [0.3, 0.4) is 0 Å². The van der Waals surface area contributed by atoms with Crippen LogP contribution in [0.15, 0.2) is 65.2 Å². The van der Waals surface area contributed by atoms with Gasteiger partial charge in [0, 0.05) is 11.8 Å². The van der Waals surface area contributed by atoms with Crippen LogP contribution in [0.4, 0.5) is 4.39 Å². The second kappa shape index (κ2) is 5.94. The van der Waals surface area contributed by atoms with Crippen molar-refractivity contribution in [3.8, 4) is 0 Å². The molecule has 86 valence electrons. The zero-order chi connectivity index (χ0) is 11.9. The standard InChI is InChI=1S/C15H14FN/c16-15-10-6-5-9-14(15)12-17-11-13-7-3-1-2-4-8-13/h1-3,5-10,12H,4,11H2. The molecule has 0 aromatic heterocycles. The van der Waals surface area contributed by atoms with Crippen molar-refractivity contribution in [3.63, 3.8) is 0 Å². The van der Waals surface area contributed by atoms with E-state index in [-0.39, 0.29) is 5.82 Å². The van der Waals surface area contributed by atoms with Gasteiger partial charge in [0.15, 0.2) is 0 Å². The zero-order valence-electron chi connectivity index (χ0n) is 9.51. The summed E-state index contributed by atoms with van der Waals surface area (Å²) in [4.78, 5) is 4.26. The highest BCUT2D eigenvalue weighted by Gasteiger charge is 1.96. The second-order valence-corrected chi connectivity index (χ2v) is 3.79. The van der Waals surface area contributed by atoms with Gasteiger partial charge in [-0.15, -0.1) is 0 Å². The number of hydrogen-bond acceptors (Lipinski definition) is 1. The van der Waals surface area contributed by atoms with Gasteiger partial charge in [0.25, 0.3) is 0 Å². The molecule has 1 aliphatic rings. The van der Waals surface area contributed by atoms with E-state index in [4.69, 9.17) is 0 Å². The summed E-state index contributed by atoms with van der Waals surface area (Å²) in [5.41, 5.74) is 1.69. The third kappa shape index (κ3) is 3.52. The van der Waals surface area contributed by atoms with Crippen molar-refractivity contribution in [1.82, 2.24) is 0 Å². The average molecular weight is 227 g/mol. The SMILES string of the molecule is Fc1ccccc1C=NCC1=CCC=CC=C1. The number of benzene rings is 1. The minimum absolute atomic E-state index is 0.233. The molecule has 0 bridgehead atoms. The Labute approximate surface area is 101 Å². The summed E-state index contributed by atoms with van der Waals surface area (Å²) in [5, 5.41) is 0. The van der Waals surface area contributed by atoms with Crippen LogP contribution in [0.1, 0.15) is 12.0 Å². The minimum Gasteiger partial charge on any atom is -0.288 e. The van der Waals surface area contributed by atoms with Crippen molar-refractivity contribution in [2.75, 3.05) is 6.54 Å². The zero-order valence-corrected chi connectivity index (χ0v) is 9.51. The summed E-state index contributed by atoms with van der Waals surface area (Å²) >= 11 is 0. The average Bonchev–Trinajstić information content (AvgIpc) is 2.60. The third-order valence-electron chi connectivity index (χ3n) is 2.48. The van der Waals surface area contributed by atoms with Gasteiger partial charge in [-0.05, 0) is 18.1 Å². The topological polar surface area (TPSA) is 12.4 Å². The Balaban J connectivity index is 1.99. The number of aliphatic imine (C=N–C) groups is 1. The van der Waals surface area contributed by atoms with Crippen molar-refractivity contribution in [1.29, 1.82) is 0 Å². The van der Waals surface area contributed by atoms with Gasteiger partial charge in [0.1, 0.15) is 5.82 Å². The van der Waals surface area contributed by atoms with Crippen LogP contribution in [0, 0.1) is 5.82 Å². The van der Waals surface area contributed by atoms with Crippen molar-refractivity contribution < 1.29 is 4.39 Å². The summed E-state index contributed by atoms with van der Waals surface area (Å²) in [6, 6.07) is 6.64. The highest BCUT2D eigenvalue weighted by Crippen LogP contribution is 2.06. The lowest BCUT2D eigenvalue weighted by molar-refractivity contribution is 0.626. The molecule has 2 heteroatoms. The van der Waals surface area contributed by atoms with E-state index >= 15 is 0 Å². The van der Waals surface area contributed by atoms with Crippen LogP contribution in [-0.2, 0) is 0 Å². The monoisotopic (exact) mass is 227 g/mol. The van der Waals surface area contributed by atoms with Crippen LogP contribution in [-0.4, -0.2) is 12.8 Å². The highest BCUT2D eigenvalue weighted by atomic mass is 19.1. The number of allylic oxidation sites excluding steroid dienone is 4. The van der Waals surface area contributed by atoms with Gasteiger partial charge in [-0.1, -0.05) is 48.6 Å². The molecular formula is C15H14FN. The molecule has 1 nitrogen and oxygen atoms in total. The maximum absolute atomic E-state index is 13.3. The molecule has 0 saturated heterocycles. The van der Waals surface area contributed by atoms with E-state index in [1.54, 1.807) is 24.4 Å². The van der Waals surface area contributed by atoms with E-state index in [1.807, 2.05) is 18.2 Å². The summed E-state index contributed by atoms with van der Waals surface area (Å²) < 4.78 is 13.3. The van der Waals surface area contributed by atoms with E-state index in [0.29, 0.717) is 12.1 Å². The van der Waals surface area contributed by atoms with Crippen LogP contribution < -0.4 is 0 Å². The van der Waals surface area contributed by atoms with E-state index in [0.717, 1.165) is 12.0 Å². The van der Waals surface area contributed by atoms with Crippen molar-refractivity contribution in [2.24, 2.45) is 4.99 Å². The first kappa shape index (κ1) is 11.5. The van der Waals surface area contributed by atoms with Crippen LogP contribution in [0.25, 0.3) is 0 Å². The van der Waals surface area contributed by atoms with Crippen molar-refractivity contribution in [3.05, 3.63) is 71.6 Å². The Hall–Kier alpha value is -1.96. The molecule has 0 amide bonds. The van der Waals surface area contributed by atoms with E-state index in [9.17, 15) is 4.39 Å². The van der Waals surface area contributed by atoms with Gasteiger partial charge >= 0.3 is 0 Å². The normalized spacial score (nSPS) is 15.0. The first-order valence-corrected chi connectivity index (χ1v) is 5.63. The number of nitrogens with zero attached hydrogens (tertiary/aromatic N) is 1. The summed E-state index contributed by atoms with van der Waals surface area (Å²) in [6.07, 6.45) is 12.8. The fourth-order valence-electron chi connectivity index (χ4n) is 1.57. The molecular weight excluding hydrogens is 213 g/mol. The Morgan fingerprint density at radius 2 is 2.12 bits per heavy atom. The van der Waals surface area contributed by atoms with E-state index < -0.39 is 0 Å². The molecule has 0 radical (unpaired) electrons. The first-order chi connectivity index (χ1) is 8.36. The van der Waals surface area contributed by atoms with Crippen LogP contribution in [0.2, 0.25) is 0 Å². The molecule has 1 aromatic carbocycles. The van der Waals surface area contributed by atoms with Crippen LogP contribution >= 0.6 is 0 Å². The maximum Gasteiger partial charge on any atom is 0.131 e. The molecule has 17 heavy (non-hydrogen) atoms. The lowest BCUT2D eigenvalue weighted by atomic mass is 10.2. The molecule has 0 aliphatic heterocycles. The second-order valence-electron chi connectivity index (χ2n) is 3.79. The maximum atomic E-state index is 13.3. The van der Waals surface area contributed by atoms with Crippen molar-refractivity contribution >= 4 is 6.21 Å². The molecule has 0 saturated carbocycles. The molecule has 0 spiro atoms. The predicted molar refractivity (Wildman–Crippen MR) is 69.8 cm³/mol. The molecule has 1 aromatic rings. The smallest absolute Gasteiger partial charge is 0.131 e. The van der Waals surface area contributed by atoms with E-state index in [2.05, 4.69) is 17.1 Å². The molecule has 0 fully saturated rings. The minimum atomic E-state index is -0.233. The number of hydrogen-bond donors (Lipinski definition) is 0. The first-order valence-electron chi connectivity index (χ1n) is 5.63. The van der Waals surface area contributed by atoms with Gasteiger partial charge in [-0.25, -0.2) is 4.39 Å². The van der Waals surface area contributed by atoms with E-state index in [1.165, 1.54) is 6.07 Å². The Morgan fingerprint density at radius 1 is 1.24 bits per heavy atom. The number of rotatable bonds is 3.